The monoisotopic (exact) mass is 314 g/mol. The molecule has 0 atom stereocenters. The summed E-state index contributed by atoms with van der Waals surface area (Å²) < 4.78 is 6.14. The van der Waals surface area contributed by atoms with Crippen LogP contribution in [-0.4, -0.2) is 9.91 Å². The minimum absolute atomic E-state index is 0.00137. The van der Waals surface area contributed by atoms with Crippen molar-refractivity contribution in [3.63, 3.8) is 0 Å². The summed E-state index contributed by atoms with van der Waals surface area (Å²) in [6.07, 6.45) is 0. The molecular weight excluding hydrogens is 308 g/mol. The second-order valence-corrected chi connectivity index (χ2v) is 4.71. The zero-order chi connectivity index (χ0) is 12.3. The maximum absolute atomic E-state index is 10.6. The van der Waals surface area contributed by atoms with Gasteiger partial charge in [0.05, 0.1) is 26.7 Å². The molecule has 1 aromatic carbocycles. The minimum atomic E-state index is -0.456. The largest absolute Gasteiger partial charge is 0.486 e. The number of nitro groups is 1. The van der Waals surface area contributed by atoms with Gasteiger partial charge in [-0.2, -0.15) is 0 Å². The molecule has 0 amide bonds. The number of halogens is 1. The average molecular weight is 315 g/mol. The van der Waals surface area contributed by atoms with Gasteiger partial charge in [-0.25, -0.2) is 4.98 Å². The summed E-state index contributed by atoms with van der Waals surface area (Å²) >= 11 is 4.75. The molecule has 0 bridgehead atoms. The summed E-state index contributed by atoms with van der Waals surface area (Å²) in [6.45, 7) is 0.295. The molecule has 88 valence electrons. The van der Waals surface area contributed by atoms with Crippen LogP contribution in [0.3, 0.4) is 0 Å². The van der Waals surface area contributed by atoms with Crippen LogP contribution in [0.25, 0.3) is 0 Å². The number of nitrogens with zero attached hydrogens (tertiary/aromatic N) is 2. The first-order chi connectivity index (χ1) is 8.16. The third-order valence-electron chi connectivity index (χ3n) is 1.98. The average Bonchev–Trinajstić information content (AvgIpc) is 2.80. The molecule has 0 aliphatic rings. The van der Waals surface area contributed by atoms with Crippen LogP contribution in [0.4, 0.5) is 5.69 Å². The van der Waals surface area contributed by atoms with Gasteiger partial charge in [0.25, 0.3) is 5.69 Å². The first-order valence-corrected chi connectivity index (χ1v) is 6.34. The van der Waals surface area contributed by atoms with Gasteiger partial charge in [-0.1, -0.05) is 0 Å². The zero-order valence-electron chi connectivity index (χ0n) is 8.50. The van der Waals surface area contributed by atoms with Crippen molar-refractivity contribution in [3.05, 3.63) is 49.4 Å². The molecule has 0 saturated heterocycles. The lowest BCUT2D eigenvalue weighted by atomic mass is 10.3. The highest BCUT2D eigenvalue weighted by atomic mass is 79.9. The Bertz CT molecular complexity index is 530. The predicted molar refractivity (Wildman–Crippen MR) is 67.2 cm³/mol. The highest BCUT2D eigenvalue weighted by molar-refractivity contribution is 9.10. The summed E-state index contributed by atoms with van der Waals surface area (Å²) in [7, 11) is 0. The van der Waals surface area contributed by atoms with E-state index in [2.05, 4.69) is 20.9 Å². The van der Waals surface area contributed by atoms with E-state index in [0.717, 1.165) is 5.69 Å². The lowest BCUT2D eigenvalue weighted by Crippen LogP contribution is -1.97. The van der Waals surface area contributed by atoms with Crippen LogP contribution < -0.4 is 4.74 Å². The van der Waals surface area contributed by atoms with Crippen LogP contribution in [-0.2, 0) is 6.61 Å². The standard InChI is InChI=1S/C10H7BrN2O3S/c11-9-2-1-8(13(14)15)3-10(9)16-4-7-5-17-6-12-7/h1-3,5-6H,4H2. The molecule has 0 unspecified atom stereocenters. The molecule has 1 heterocycles. The number of non-ortho nitro benzene ring substituents is 1. The maximum Gasteiger partial charge on any atom is 0.273 e. The quantitative estimate of drug-likeness (QED) is 0.641. The number of aromatic nitrogens is 1. The van der Waals surface area contributed by atoms with Crippen LogP contribution in [0.1, 0.15) is 5.69 Å². The van der Waals surface area contributed by atoms with Crippen LogP contribution in [0.2, 0.25) is 0 Å². The van der Waals surface area contributed by atoms with E-state index in [0.29, 0.717) is 16.8 Å². The highest BCUT2D eigenvalue weighted by Crippen LogP contribution is 2.29. The van der Waals surface area contributed by atoms with Gasteiger partial charge in [0.2, 0.25) is 0 Å². The number of benzene rings is 1. The maximum atomic E-state index is 10.6. The fourth-order valence-corrected chi connectivity index (χ4v) is 2.08. The van der Waals surface area contributed by atoms with Crippen LogP contribution in [0, 0.1) is 10.1 Å². The molecule has 7 heteroatoms. The van der Waals surface area contributed by atoms with Gasteiger partial charge in [0, 0.05) is 11.4 Å². The molecular formula is C10H7BrN2O3S. The summed E-state index contributed by atoms with van der Waals surface area (Å²) in [6, 6.07) is 4.39. The second kappa shape index (κ2) is 5.24. The fraction of sp³-hybridized carbons (Fsp3) is 0.100. The second-order valence-electron chi connectivity index (χ2n) is 3.14. The van der Waals surface area contributed by atoms with Crippen molar-refractivity contribution >= 4 is 33.0 Å². The Hall–Kier alpha value is -1.47. The lowest BCUT2D eigenvalue weighted by molar-refractivity contribution is -0.385. The first kappa shape index (κ1) is 12.0. The topological polar surface area (TPSA) is 65.3 Å². The Morgan fingerprint density at radius 2 is 2.35 bits per heavy atom. The zero-order valence-corrected chi connectivity index (χ0v) is 10.9. The SMILES string of the molecule is O=[N+]([O-])c1ccc(Br)c(OCc2cscn2)c1. The number of hydrogen-bond acceptors (Lipinski definition) is 5. The molecule has 0 radical (unpaired) electrons. The van der Waals surface area contributed by atoms with E-state index in [4.69, 9.17) is 4.74 Å². The summed E-state index contributed by atoms with van der Waals surface area (Å²) in [5.41, 5.74) is 2.51. The van der Waals surface area contributed by atoms with E-state index in [1.54, 1.807) is 11.6 Å². The molecule has 0 N–H and O–H groups in total. The predicted octanol–water partition coefficient (Wildman–Crippen LogP) is 3.39. The Kier molecular flexibility index (Phi) is 3.70. The van der Waals surface area contributed by atoms with Crippen LogP contribution in [0.15, 0.2) is 33.6 Å². The van der Waals surface area contributed by atoms with Crippen LogP contribution in [0.5, 0.6) is 5.75 Å². The molecule has 2 aromatic rings. The van der Waals surface area contributed by atoms with Crippen molar-refractivity contribution < 1.29 is 9.66 Å². The van der Waals surface area contributed by atoms with Gasteiger partial charge in [-0.05, 0) is 22.0 Å². The highest BCUT2D eigenvalue weighted by Gasteiger charge is 2.10. The van der Waals surface area contributed by atoms with E-state index >= 15 is 0 Å². The Morgan fingerprint density at radius 3 is 3.00 bits per heavy atom. The van der Waals surface area contributed by atoms with Gasteiger partial charge in [-0.3, -0.25) is 10.1 Å². The van der Waals surface area contributed by atoms with Crippen molar-refractivity contribution in [3.8, 4) is 5.75 Å². The van der Waals surface area contributed by atoms with Gasteiger partial charge < -0.3 is 4.74 Å². The third kappa shape index (κ3) is 3.01. The van der Waals surface area contributed by atoms with Crippen molar-refractivity contribution in [2.24, 2.45) is 0 Å². The molecule has 2 rings (SSSR count). The third-order valence-corrected chi connectivity index (χ3v) is 3.28. The lowest BCUT2D eigenvalue weighted by Gasteiger charge is -2.06. The molecule has 0 saturated carbocycles. The van der Waals surface area contributed by atoms with Gasteiger partial charge in [0.15, 0.2) is 0 Å². The van der Waals surface area contributed by atoms with Crippen molar-refractivity contribution in [1.29, 1.82) is 0 Å². The van der Waals surface area contributed by atoms with E-state index in [-0.39, 0.29) is 5.69 Å². The fourth-order valence-electron chi connectivity index (χ4n) is 1.18. The molecule has 17 heavy (non-hydrogen) atoms. The Balaban J connectivity index is 2.14. The molecule has 0 spiro atoms. The minimum Gasteiger partial charge on any atom is -0.486 e. The first-order valence-electron chi connectivity index (χ1n) is 4.60. The van der Waals surface area contributed by atoms with Crippen LogP contribution >= 0.6 is 27.3 Å². The van der Waals surface area contributed by atoms with Crippen molar-refractivity contribution in [2.45, 2.75) is 6.61 Å². The summed E-state index contributed by atoms with van der Waals surface area (Å²) in [4.78, 5) is 14.2. The normalized spacial score (nSPS) is 10.2. The number of thiazole rings is 1. The molecule has 5 nitrogen and oxygen atoms in total. The van der Waals surface area contributed by atoms with Gasteiger partial charge >= 0.3 is 0 Å². The number of hydrogen-bond donors (Lipinski definition) is 0. The molecule has 0 aliphatic heterocycles. The summed E-state index contributed by atoms with van der Waals surface area (Å²) in [5.74, 6) is 0.437. The van der Waals surface area contributed by atoms with E-state index in [9.17, 15) is 10.1 Å². The number of ether oxygens (including phenoxy) is 1. The Morgan fingerprint density at radius 1 is 1.53 bits per heavy atom. The van der Waals surface area contributed by atoms with E-state index in [1.807, 2.05) is 5.38 Å². The van der Waals surface area contributed by atoms with Crippen molar-refractivity contribution in [1.82, 2.24) is 4.98 Å². The number of nitro benzene ring substituents is 1. The van der Waals surface area contributed by atoms with Crippen molar-refractivity contribution in [2.75, 3.05) is 0 Å². The van der Waals surface area contributed by atoms with E-state index < -0.39 is 4.92 Å². The summed E-state index contributed by atoms with van der Waals surface area (Å²) in [5, 5.41) is 12.5. The smallest absolute Gasteiger partial charge is 0.273 e. The van der Waals surface area contributed by atoms with E-state index in [1.165, 1.54) is 23.5 Å². The number of rotatable bonds is 4. The van der Waals surface area contributed by atoms with Gasteiger partial charge in [0.1, 0.15) is 12.4 Å². The molecule has 0 aliphatic carbocycles. The van der Waals surface area contributed by atoms with Gasteiger partial charge in [-0.15, -0.1) is 11.3 Å². The molecule has 1 aromatic heterocycles. The molecule has 0 fully saturated rings. The Labute approximate surface area is 109 Å².